The van der Waals surface area contributed by atoms with Gasteiger partial charge in [0.25, 0.3) is 6.23 Å². The Morgan fingerprint density at radius 3 is 2.64 bits per heavy atom. The van der Waals surface area contributed by atoms with Crippen molar-refractivity contribution in [2.24, 2.45) is 10.2 Å². The van der Waals surface area contributed by atoms with E-state index in [9.17, 15) is 4.79 Å². The first-order valence-electron chi connectivity index (χ1n) is 4.03. The average molecular weight is 189 g/mol. The molecule has 1 unspecified atom stereocenters. The van der Waals surface area contributed by atoms with Crippen LogP contribution in [0, 0.1) is 5.41 Å². The van der Waals surface area contributed by atoms with Gasteiger partial charge in [0.05, 0.1) is 0 Å². The predicted octanol–water partition coefficient (Wildman–Crippen LogP) is 1.61. The molecule has 0 spiro atoms. The van der Waals surface area contributed by atoms with Crippen molar-refractivity contribution in [3.63, 3.8) is 0 Å². The summed E-state index contributed by atoms with van der Waals surface area (Å²) in [4.78, 5) is 11.6. The van der Waals surface area contributed by atoms with E-state index in [0.29, 0.717) is 5.56 Å². The summed E-state index contributed by atoms with van der Waals surface area (Å²) in [7, 11) is 0. The van der Waals surface area contributed by atoms with Gasteiger partial charge in [-0.15, -0.1) is 5.11 Å². The van der Waals surface area contributed by atoms with Gasteiger partial charge in [-0.2, -0.15) is 0 Å². The third-order valence-electron chi connectivity index (χ3n) is 1.76. The largest absolute Gasteiger partial charge is 0.427 e. The van der Waals surface area contributed by atoms with Crippen molar-refractivity contribution in [2.75, 3.05) is 0 Å². The highest BCUT2D eigenvalue weighted by molar-refractivity contribution is 6.00. The van der Waals surface area contributed by atoms with Crippen LogP contribution in [0.2, 0.25) is 0 Å². The summed E-state index contributed by atoms with van der Waals surface area (Å²) in [6, 6.07) is 8.34. The third kappa shape index (κ3) is 1.52. The summed E-state index contributed by atoms with van der Waals surface area (Å²) in [5, 5.41) is 13.9. The molecule has 5 heteroatoms. The fraction of sp³-hybridized carbons (Fsp3) is 0.111. The zero-order valence-electron chi connectivity index (χ0n) is 7.18. The van der Waals surface area contributed by atoms with Crippen LogP contribution in [-0.2, 0) is 4.74 Å². The van der Waals surface area contributed by atoms with Gasteiger partial charge in [-0.05, 0) is 0 Å². The van der Waals surface area contributed by atoms with Gasteiger partial charge < -0.3 is 4.74 Å². The van der Waals surface area contributed by atoms with Gasteiger partial charge in [-0.25, -0.2) is 5.41 Å². The number of nitrogens with zero attached hydrogens (tertiary/aromatic N) is 2. The number of ether oxygens (including phenoxy) is 1. The van der Waals surface area contributed by atoms with Gasteiger partial charge in [0, 0.05) is 5.56 Å². The first-order valence-corrected chi connectivity index (χ1v) is 4.03. The van der Waals surface area contributed by atoms with E-state index in [1.807, 2.05) is 6.07 Å². The topological polar surface area (TPSA) is 74.9 Å². The summed E-state index contributed by atoms with van der Waals surface area (Å²) < 4.78 is 4.78. The number of amidine groups is 1. The molecule has 14 heavy (non-hydrogen) atoms. The Hall–Kier alpha value is -2.04. The van der Waals surface area contributed by atoms with E-state index in [1.54, 1.807) is 24.3 Å². The van der Waals surface area contributed by atoms with Crippen LogP contribution in [0.3, 0.4) is 0 Å². The maximum absolute atomic E-state index is 11.6. The van der Waals surface area contributed by atoms with Gasteiger partial charge in [-0.1, -0.05) is 35.4 Å². The Kier molecular flexibility index (Phi) is 2.06. The maximum Gasteiger partial charge on any atom is 0.330 e. The van der Waals surface area contributed by atoms with Crippen molar-refractivity contribution >= 4 is 11.8 Å². The molecule has 1 aromatic carbocycles. The summed E-state index contributed by atoms with van der Waals surface area (Å²) in [5.74, 6) is -0.281. The van der Waals surface area contributed by atoms with E-state index in [1.165, 1.54) is 0 Å². The number of hydrogen-bond acceptors (Lipinski definition) is 4. The van der Waals surface area contributed by atoms with E-state index >= 15 is 0 Å². The second kappa shape index (κ2) is 3.37. The first kappa shape index (κ1) is 8.55. The Balaban J connectivity index is 2.18. The Morgan fingerprint density at radius 2 is 2.07 bits per heavy atom. The molecule has 1 atom stereocenters. The van der Waals surface area contributed by atoms with Gasteiger partial charge in [0.1, 0.15) is 0 Å². The summed E-state index contributed by atoms with van der Waals surface area (Å²) >= 11 is 0. The molecule has 0 aliphatic carbocycles. The number of rotatable bonds is 2. The highest BCUT2D eigenvalue weighted by Gasteiger charge is 2.26. The molecule has 0 bridgehead atoms. The molecule has 2 rings (SSSR count). The zero-order chi connectivity index (χ0) is 9.97. The van der Waals surface area contributed by atoms with E-state index in [2.05, 4.69) is 10.2 Å². The number of Topliss-reactive ketones (excluding diaryl/α,β-unsaturated/α-hetero) is 1. The molecule has 1 aliphatic heterocycles. The molecule has 1 aliphatic rings. The van der Waals surface area contributed by atoms with Crippen molar-refractivity contribution in [3.05, 3.63) is 35.9 Å². The normalized spacial score (nSPS) is 19.4. The van der Waals surface area contributed by atoms with Crippen LogP contribution in [0.4, 0.5) is 0 Å². The van der Waals surface area contributed by atoms with Gasteiger partial charge in [0.2, 0.25) is 5.78 Å². The van der Waals surface area contributed by atoms with Crippen LogP contribution < -0.4 is 0 Å². The number of carbonyl (C=O) groups excluding carboxylic acids is 1. The number of azo groups is 1. The molecule has 0 saturated carbocycles. The van der Waals surface area contributed by atoms with E-state index in [4.69, 9.17) is 10.1 Å². The molecule has 0 amide bonds. The van der Waals surface area contributed by atoms with E-state index < -0.39 is 6.23 Å². The molecule has 0 fully saturated rings. The van der Waals surface area contributed by atoms with Crippen molar-refractivity contribution in [2.45, 2.75) is 6.23 Å². The van der Waals surface area contributed by atoms with Crippen molar-refractivity contribution < 1.29 is 9.53 Å². The van der Waals surface area contributed by atoms with E-state index in [0.717, 1.165) is 0 Å². The summed E-state index contributed by atoms with van der Waals surface area (Å²) in [6.45, 7) is 0. The molecule has 1 N–H and O–H groups in total. The average Bonchev–Trinajstić information content (AvgIpc) is 2.65. The SMILES string of the molecule is N=C1N=NC(C(=O)c2ccccc2)O1. The molecular formula is C9H7N3O2. The smallest absolute Gasteiger partial charge is 0.330 e. The number of hydrogen-bond donors (Lipinski definition) is 1. The molecule has 0 radical (unpaired) electrons. The molecule has 0 saturated heterocycles. The number of nitrogens with one attached hydrogen (secondary N) is 1. The number of carbonyl (C=O) groups is 1. The van der Waals surface area contributed by atoms with Crippen LogP contribution in [-0.4, -0.2) is 18.0 Å². The van der Waals surface area contributed by atoms with Crippen LogP contribution in [0.1, 0.15) is 10.4 Å². The van der Waals surface area contributed by atoms with Gasteiger partial charge >= 0.3 is 6.02 Å². The van der Waals surface area contributed by atoms with E-state index in [-0.39, 0.29) is 11.8 Å². The quantitative estimate of drug-likeness (QED) is 0.717. The highest BCUT2D eigenvalue weighted by Crippen LogP contribution is 2.12. The van der Waals surface area contributed by atoms with Crippen molar-refractivity contribution in [1.82, 2.24) is 0 Å². The monoisotopic (exact) mass is 189 g/mol. The summed E-state index contributed by atoms with van der Waals surface area (Å²) in [5.41, 5.74) is 0.506. The van der Waals surface area contributed by atoms with Crippen molar-refractivity contribution in [3.8, 4) is 0 Å². The lowest BCUT2D eigenvalue weighted by Gasteiger charge is -2.04. The van der Waals surface area contributed by atoms with Crippen LogP contribution in [0.25, 0.3) is 0 Å². The number of ketones is 1. The second-order valence-electron chi connectivity index (χ2n) is 2.72. The van der Waals surface area contributed by atoms with Gasteiger partial charge in [-0.3, -0.25) is 4.79 Å². The van der Waals surface area contributed by atoms with Crippen molar-refractivity contribution in [1.29, 1.82) is 5.41 Å². The minimum atomic E-state index is -0.982. The molecule has 5 nitrogen and oxygen atoms in total. The Bertz CT molecular complexity index is 400. The highest BCUT2D eigenvalue weighted by atomic mass is 16.5. The fourth-order valence-electron chi connectivity index (χ4n) is 1.11. The van der Waals surface area contributed by atoms with Crippen LogP contribution >= 0.6 is 0 Å². The Morgan fingerprint density at radius 1 is 1.36 bits per heavy atom. The second-order valence-corrected chi connectivity index (χ2v) is 2.72. The first-order chi connectivity index (χ1) is 6.77. The molecule has 0 aromatic heterocycles. The summed E-state index contributed by atoms with van der Waals surface area (Å²) in [6.07, 6.45) is -0.982. The lowest BCUT2D eigenvalue weighted by atomic mass is 10.1. The molecule has 1 aromatic rings. The zero-order valence-corrected chi connectivity index (χ0v) is 7.18. The molecular weight excluding hydrogens is 182 g/mol. The lowest BCUT2D eigenvalue weighted by Crippen LogP contribution is -2.19. The fourth-order valence-corrected chi connectivity index (χ4v) is 1.11. The lowest BCUT2D eigenvalue weighted by molar-refractivity contribution is 0.0805. The number of benzene rings is 1. The Labute approximate surface area is 79.9 Å². The maximum atomic E-state index is 11.6. The van der Waals surface area contributed by atoms with Crippen LogP contribution in [0.15, 0.2) is 40.6 Å². The standard InChI is InChI=1S/C9H7N3O2/c10-9-12-11-8(14-9)7(13)6-4-2-1-3-5-6/h1-5,8,10H. The predicted molar refractivity (Wildman–Crippen MR) is 48.2 cm³/mol. The molecule has 1 heterocycles. The van der Waals surface area contributed by atoms with Crippen LogP contribution in [0.5, 0.6) is 0 Å². The van der Waals surface area contributed by atoms with Gasteiger partial charge in [0.15, 0.2) is 0 Å². The third-order valence-corrected chi connectivity index (χ3v) is 1.76. The minimum absolute atomic E-state index is 0.281. The minimum Gasteiger partial charge on any atom is -0.427 e. The molecule has 70 valence electrons.